The Bertz CT molecular complexity index is 539. The predicted octanol–water partition coefficient (Wildman–Crippen LogP) is 4.55. The van der Waals surface area contributed by atoms with Gasteiger partial charge in [0.15, 0.2) is 4.87 Å². The Morgan fingerprint density at radius 1 is 1.05 bits per heavy atom. The molecule has 3 nitrogen and oxygen atoms in total. The van der Waals surface area contributed by atoms with Crippen molar-refractivity contribution in [3.8, 4) is 0 Å². The van der Waals surface area contributed by atoms with E-state index < -0.39 is 14.7 Å². The molecule has 0 aliphatic carbocycles. The average molecular weight is 309 g/mol. The van der Waals surface area contributed by atoms with Crippen molar-refractivity contribution in [2.45, 2.75) is 69.1 Å². The SMILES string of the molecule is C=NC(CCCC)(CCCC)S(=O)(=O)c1ccc(C)cc1. The molecule has 0 amide bonds. The Kier molecular flexibility index (Phi) is 6.59. The number of hydrogen-bond donors (Lipinski definition) is 0. The molecule has 4 heteroatoms. The van der Waals surface area contributed by atoms with Crippen molar-refractivity contribution in [1.82, 2.24) is 0 Å². The second kappa shape index (κ2) is 7.74. The van der Waals surface area contributed by atoms with Crippen molar-refractivity contribution in [2.75, 3.05) is 0 Å². The fraction of sp³-hybridized carbons (Fsp3) is 0.588. The molecule has 1 aromatic carbocycles. The number of aliphatic imine (C=N–C) groups is 1. The lowest BCUT2D eigenvalue weighted by Gasteiger charge is -2.29. The summed E-state index contributed by atoms with van der Waals surface area (Å²) in [5.74, 6) is 0. The van der Waals surface area contributed by atoms with Gasteiger partial charge in [-0.25, -0.2) is 8.42 Å². The molecular weight excluding hydrogens is 282 g/mol. The normalized spacial score (nSPS) is 12.3. The van der Waals surface area contributed by atoms with E-state index in [1.807, 2.05) is 19.1 Å². The van der Waals surface area contributed by atoms with Gasteiger partial charge in [-0.05, 0) is 38.6 Å². The van der Waals surface area contributed by atoms with Crippen LogP contribution in [0.4, 0.5) is 0 Å². The Hall–Kier alpha value is -1.16. The van der Waals surface area contributed by atoms with Crippen LogP contribution in [0.5, 0.6) is 0 Å². The molecule has 0 atom stereocenters. The molecule has 0 N–H and O–H groups in total. The van der Waals surface area contributed by atoms with Crippen LogP contribution in [0.2, 0.25) is 0 Å². The van der Waals surface area contributed by atoms with E-state index in [9.17, 15) is 8.42 Å². The largest absolute Gasteiger partial charge is 0.278 e. The van der Waals surface area contributed by atoms with Crippen LogP contribution >= 0.6 is 0 Å². The molecule has 1 rings (SSSR count). The lowest BCUT2D eigenvalue weighted by atomic mass is 10.0. The molecule has 0 bridgehead atoms. The van der Waals surface area contributed by atoms with Gasteiger partial charge in [0.2, 0.25) is 9.84 Å². The van der Waals surface area contributed by atoms with E-state index in [0.29, 0.717) is 17.7 Å². The highest BCUT2D eigenvalue weighted by molar-refractivity contribution is 7.92. The fourth-order valence-electron chi connectivity index (χ4n) is 2.48. The van der Waals surface area contributed by atoms with Gasteiger partial charge in [-0.2, -0.15) is 0 Å². The smallest absolute Gasteiger partial charge is 0.204 e. The third-order valence-corrected chi connectivity index (χ3v) is 6.39. The van der Waals surface area contributed by atoms with E-state index in [4.69, 9.17) is 0 Å². The van der Waals surface area contributed by atoms with Crippen LogP contribution in [-0.4, -0.2) is 20.0 Å². The maximum Gasteiger partial charge on any atom is 0.204 e. The first kappa shape index (κ1) is 17.9. The molecule has 0 radical (unpaired) electrons. The highest BCUT2D eigenvalue weighted by atomic mass is 32.2. The van der Waals surface area contributed by atoms with Crippen molar-refractivity contribution in [1.29, 1.82) is 0 Å². The van der Waals surface area contributed by atoms with Crippen molar-refractivity contribution >= 4 is 16.6 Å². The van der Waals surface area contributed by atoms with Crippen LogP contribution in [0.1, 0.15) is 57.9 Å². The van der Waals surface area contributed by atoms with Crippen LogP contribution in [0.15, 0.2) is 34.2 Å². The van der Waals surface area contributed by atoms with Crippen molar-refractivity contribution < 1.29 is 8.42 Å². The molecule has 0 aliphatic rings. The third-order valence-electron chi connectivity index (χ3n) is 3.96. The fourth-order valence-corrected chi connectivity index (χ4v) is 4.41. The van der Waals surface area contributed by atoms with Gasteiger partial charge < -0.3 is 0 Å². The van der Waals surface area contributed by atoms with E-state index in [-0.39, 0.29) is 0 Å². The van der Waals surface area contributed by atoms with Crippen LogP contribution in [-0.2, 0) is 9.84 Å². The van der Waals surface area contributed by atoms with Gasteiger partial charge in [0.05, 0.1) is 4.90 Å². The number of unbranched alkanes of at least 4 members (excludes halogenated alkanes) is 2. The Balaban J connectivity index is 3.26. The highest BCUT2D eigenvalue weighted by Gasteiger charge is 2.42. The Labute approximate surface area is 129 Å². The molecule has 0 aromatic heterocycles. The Morgan fingerprint density at radius 2 is 1.52 bits per heavy atom. The van der Waals surface area contributed by atoms with E-state index in [1.165, 1.54) is 0 Å². The van der Waals surface area contributed by atoms with E-state index in [0.717, 1.165) is 31.2 Å². The molecular formula is C17H27NO2S. The molecule has 0 spiro atoms. The van der Waals surface area contributed by atoms with E-state index in [2.05, 4.69) is 25.6 Å². The zero-order chi connectivity index (χ0) is 15.9. The topological polar surface area (TPSA) is 46.5 Å². The molecule has 118 valence electrons. The molecule has 21 heavy (non-hydrogen) atoms. The molecule has 0 saturated heterocycles. The minimum Gasteiger partial charge on any atom is -0.278 e. The van der Waals surface area contributed by atoms with Crippen LogP contribution in [0, 0.1) is 6.92 Å². The Morgan fingerprint density at radius 3 is 1.90 bits per heavy atom. The van der Waals surface area contributed by atoms with E-state index >= 15 is 0 Å². The first-order valence-corrected chi connectivity index (χ1v) is 9.21. The zero-order valence-electron chi connectivity index (χ0n) is 13.4. The number of nitrogens with zero attached hydrogens (tertiary/aromatic N) is 1. The predicted molar refractivity (Wildman–Crippen MR) is 89.7 cm³/mol. The van der Waals surface area contributed by atoms with Crippen molar-refractivity contribution in [3.63, 3.8) is 0 Å². The zero-order valence-corrected chi connectivity index (χ0v) is 14.2. The lowest BCUT2D eigenvalue weighted by Crippen LogP contribution is -2.36. The van der Waals surface area contributed by atoms with Crippen molar-refractivity contribution in [2.24, 2.45) is 4.99 Å². The second-order valence-electron chi connectivity index (χ2n) is 5.63. The summed E-state index contributed by atoms with van der Waals surface area (Å²) in [7, 11) is -3.50. The second-order valence-corrected chi connectivity index (χ2v) is 7.87. The summed E-state index contributed by atoms with van der Waals surface area (Å²) in [6.07, 6.45) is 4.67. The number of hydrogen-bond acceptors (Lipinski definition) is 3. The number of aryl methyl sites for hydroxylation is 1. The van der Waals surface area contributed by atoms with Gasteiger partial charge >= 0.3 is 0 Å². The quantitative estimate of drug-likeness (QED) is 0.628. The van der Waals surface area contributed by atoms with Gasteiger partial charge in [-0.15, -0.1) is 0 Å². The standard InChI is InChI=1S/C17H27NO2S/c1-5-7-13-17(18-4,14-8-6-2)21(19,20)16-11-9-15(3)10-12-16/h9-12H,4-8,13-14H2,1-3H3. The summed E-state index contributed by atoms with van der Waals surface area (Å²) in [4.78, 5) is 3.41. The van der Waals surface area contributed by atoms with E-state index in [1.54, 1.807) is 12.1 Å². The molecule has 0 saturated carbocycles. The summed E-state index contributed by atoms with van der Waals surface area (Å²) in [6, 6.07) is 7.03. The van der Waals surface area contributed by atoms with Gasteiger partial charge in [0, 0.05) is 0 Å². The molecule has 1 aromatic rings. The van der Waals surface area contributed by atoms with Crippen molar-refractivity contribution in [3.05, 3.63) is 29.8 Å². The number of benzene rings is 1. The number of rotatable bonds is 9. The summed E-state index contributed by atoms with van der Waals surface area (Å²) in [6.45, 7) is 9.69. The van der Waals surface area contributed by atoms with Gasteiger partial charge in [0.1, 0.15) is 0 Å². The molecule has 0 fully saturated rings. The maximum absolute atomic E-state index is 13.1. The van der Waals surface area contributed by atoms with Gasteiger partial charge in [-0.1, -0.05) is 57.2 Å². The summed E-state index contributed by atoms with van der Waals surface area (Å²) in [5, 5.41) is 0. The molecule has 0 aliphatic heterocycles. The molecule has 0 unspecified atom stereocenters. The first-order chi connectivity index (χ1) is 9.93. The highest BCUT2D eigenvalue weighted by Crippen LogP contribution is 2.36. The monoisotopic (exact) mass is 309 g/mol. The average Bonchev–Trinajstić information content (AvgIpc) is 2.48. The molecule has 0 heterocycles. The van der Waals surface area contributed by atoms with Crippen LogP contribution in [0.3, 0.4) is 0 Å². The minimum atomic E-state index is -3.50. The van der Waals surface area contributed by atoms with Crippen LogP contribution in [0.25, 0.3) is 0 Å². The summed E-state index contributed by atoms with van der Waals surface area (Å²) in [5.41, 5.74) is 1.05. The van der Waals surface area contributed by atoms with Gasteiger partial charge in [-0.3, -0.25) is 4.99 Å². The number of sulfone groups is 1. The lowest BCUT2D eigenvalue weighted by molar-refractivity contribution is 0.440. The summed E-state index contributed by atoms with van der Waals surface area (Å²) >= 11 is 0. The summed E-state index contributed by atoms with van der Waals surface area (Å²) < 4.78 is 26.1. The van der Waals surface area contributed by atoms with Gasteiger partial charge in [0.25, 0.3) is 0 Å². The third kappa shape index (κ3) is 3.94. The first-order valence-electron chi connectivity index (χ1n) is 7.72. The van der Waals surface area contributed by atoms with Crippen LogP contribution < -0.4 is 0 Å². The minimum absolute atomic E-state index is 0.354. The maximum atomic E-state index is 13.1.